The molecule has 0 radical (unpaired) electrons. The molecule has 0 bridgehead atoms. The summed E-state index contributed by atoms with van der Waals surface area (Å²) in [6, 6.07) is 3.54. The molecule has 1 aromatic carbocycles. The highest BCUT2D eigenvalue weighted by Gasteiger charge is 2.41. The number of rotatable bonds is 3. The molecule has 1 aromatic rings. The van der Waals surface area contributed by atoms with Gasteiger partial charge in [0.05, 0.1) is 5.02 Å². The molecule has 2 N–H and O–H groups in total. The predicted octanol–water partition coefficient (Wildman–Crippen LogP) is 2.75. The van der Waals surface area contributed by atoms with Crippen LogP contribution in [0.15, 0.2) is 18.2 Å². The van der Waals surface area contributed by atoms with Gasteiger partial charge in [0.1, 0.15) is 0 Å². The zero-order valence-electron chi connectivity index (χ0n) is 7.89. The van der Waals surface area contributed by atoms with Crippen LogP contribution in [0.25, 0.3) is 0 Å². The van der Waals surface area contributed by atoms with Crippen LogP contribution in [0.4, 0.5) is 17.6 Å². The van der Waals surface area contributed by atoms with E-state index in [0.717, 1.165) is 6.07 Å². The van der Waals surface area contributed by atoms with E-state index in [0.29, 0.717) is 0 Å². The molecule has 0 aliphatic carbocycles. The summed E-state index contributed by atoms with van der Waals surface area (Å²) in [6.07, 6.45) is -6.90. The van der Waals surface area contributed by atoms with Gasteiger partial charge < -0.3 is 10.5 Å². The van der Waals surface area contributed by atoms with E-state index in [2.05, 4.69) is 4.74 Å². The number of alkyl halides is 3. The SMILES string of the molecule is NCC(Oc1cccc(Cl)c1F)C(F)(F)F. The van der Waals surface area contributed by atoms with Crippen LogP contribution in [0.2, 0.25) is 5.02 Å². The normalized spacial score (nSPS) is 13.6. The molecule has 16 heavy (non-hydrogen) atoms. The summed E-state index contributed by atoms with van der Waals surface area (Å²) in [7, 11) is 0. The lowest BCUT2D eigenvalue weighted by atomic mass is 10.3. The number of hydrogen-bond donors (Lipinski definition) is 1. The number of hydrogen-bond acceptors (Lipinski definition) is 2. The summed E-state index contributed by atoms with van der Waals surface area (Å²) < 4.78 is 54.5. The highest BCUT2D eigenvalue weighted by atomic mass is 35.5. The molecule has 1 atom stereocenters. The fraction of sp³-hybridized carbons (Fsp3) is 0.333. The summed E-state index contributed by atoms with van der Waals surface area (Å²) in [5, 5.41) is -0.310. The minimum atomic E-state index is -4.65. The molecule has 1 rings (SSSR count). The molecule has 0 saturated heterocycles. The van der Waals surface area contributed by atoms with Gasteiger partial charge >= 0.3 is 6.18 Å². The van der Waals surface area contributed by atoms with Crippen molar-refractivity contribution in [2.45, 2.75) is 12.3 Å². The van der Waals surface area contributed by atoms with E-state index < -0.39 is 30.4 Å². The molecule has 1 unspecified atom stereocenters. The summed E-state index contributed by atoms with van der Waals surface area (Å²) in [6.45, 7) is -0.796. The Bertz CT molecular complexity index is 369. The zero-order valence-corrected chi connectivity index (χ0v) is 8.65. The first-order chi connectivity index (χ1) is 7.36. The molecule has 2 nitrogen and oxygen atoms in total. The fourth-order valence-electron chi connectivity index (χ4n) is 0.977. The van der Waals surface area contributed by atoms with Crippen molar-refractivity contribution < 1.29 is 22.3 Å². The van der Waals surface area contributed by atoms with Gasteiger partial charge in [-0.15, -0.1) is 0 Å². The van der Waals surface area contributed by atoms with E-state index in [1.165, 1.54) is 12.1 Å². The van der Waals surface area contributed by atoms with Gasteiger partial charge in [0.25, 0.3) is 0 Å². The Balaban J connectivity index is 2.91. The summed E-state index contributed by atoms with van der Waals surface area (Å²) in [5.74, 6) is -1.60. The van der Waals surface area contributed by atoms with Crippen molar-refractivity contribution in [2.75, 3.05) is 6.54 Å². The van der Waals surface area contributed by atoms with Gasteiger partial charge in [0.2, 0.25) is 6.10 Å². The average Bonchev–Trinajstić information content (AvgIpc) is 2.18. The van der Waals surface area contributed by atoms with Crippen LogP contribution in [0, 0.1) is 5.82 Å². The van der Waals surface area contributed by atoms with Gasteiger partial charge in [-0.05, 0) is 12.1 Å². The molecule has 90 valence electrons. The first kappa shape index (κ1) is 13.1. The summed E-state index contributed by atoms with van der Waals surface area (Å²) in [5.41, 5.74) is 4.89. The molecule has 0 aliphatic heterocycles. The molecule has 0 amide bonds. The van der Waals surface area contributed by atoms with Crippen molar-refractivity contribution >= 4 is 11.6 Å². The van der Waals surface area contributed by atoms with Crippen LogP contribution < -0.4 is 10.5 Å². The maximum atomic E-state index is 13.2. The lowest BCUT2D eigenvalue weighted by molar-refractivity contribution is -0.192. The molecule has 0 spiro atoms. The number of ether oxygens (including phenoxy) is 1. The molecule has 0 aliphatic rings. The van der Waals surface area contributed by atoms with Crippen LogP contribution in [0.5, 0.6) is 5.75 Å². The lowest BCUT2D eigenvalue weighted by Crippen LogP contribution is -2.40. The number of benzene rings is 1. The zero-order chi connectivity index (χ0) is 12.3. The lowest BCUT2D eigenvalue weighted by Gasteiger charge is -2.20. The van der Waals surface area contributed by atoms with Crippen LogP contribution in [0.1, 0.15) is 0 Å². The second kappa shape index (κ2) is 4.88. The van der Waals surface area contributed by atoms with E-state index in [9.17, 15) is 17.6 Å². The summed E-state index contributed by atoms with van der Waals surface area (Å²) >= 11 is 5.39. The van der Waals surface area contributed by atoms with E-state index in [1.807, 2.05) is 0 Å². The number of halogens is 5. The van der Waals surface area contributed by atoms with Crippen molar-refractivity contribution in [2.24, 2.45) is 5.73 Å². The van der Waals surface area contributed by atoms with E-state index in [1.54, 1.807) is 0 Å². The predicted molar refractivity (Wildman–Crippen MR) is 50.9 cm³/mol. The van der Waals surface area contributed by atoms with Crippen molar-refractivity contribution in [1.29, 1.82) is 0 Å². The first-order valence-electron chi connectivity index (χ1n) is 4.23. The monoisotopic (exact) mass is 257 g/mol. The number of nitrogens with two attached hydrogens (primary N) is 1. The van der Waals surface area contributed by atoms with Crippen molar-refractivity contribution in [3.05, 3.63) is 29.0 Å². The second-order valence-electron chi connectivity index (χ2n) is 2.94. The highest BCUT2D eigenvalue weighted by molar-refractivity contribution is 6.30. The third-order valence-corrected chi connectivity index (χ3v) is 2.06. The third kappa shape index (κ3) is 2.99. The average molecular weight is 258 g/mol. The van der Waals surface area contributed by atoms with Gasteiger partial charge in [-0.3, -0.25) is 0 Å². The minimum Gasteiger partial charge on any atom is -0.476 e. The van der Waals surface area contributed by atoms with Gasteiger partial charge in [0.15, 0.2) is 11.6 Å². The van der Waals surface area contributed by atoms with Crippen LogP contribution in [-0.2, 0) is 0 Å². The van der Waals surface area contributed by atoms with Gasteiger partial charge in [-0.25, -0.2) is 4.39 Å². The quantitative estimate of drug-likeness (QED) is 0.845. The Hall–Kier alpha value is -1.01. The van der Waals surface area contributed by atoms with Gasteiger partial charge in [-0.2, -0.15) is 13.2 Å². The van der Waals surface area contributed by atoms with Crippen molar-refractivity contribution in [3.8, 4) is 5.75 Å². The molecule has 7 heteroatoms. The molecule has 0 fully saturated rings. The van der Waals surface area contributed by atoms with Crippen LogP contribution >= 0.6 is 11.6 Å². The van der Waals surface area contributed by atoms with E-state index in [-0.39, 0.29) is 5.02 Å². The molecule has 0 saturated carbocycles. The van der Waals surface area contributed by atoms with Crippen LogP contribution in [0.3, 0.4) is 0 Å². The topological polar surface area (TPSA) is 35.2 Å². The molecular formula is C9H8ClF4NO. The fourth-order valence-corrected chi connectivity index (χ4v) is 1.14. The first-order valence-corrected chi connectivity index (χ1v) is 4.61. The smallest absolute Gasteiger partial charge is 0.426 e. The largest absolute Gasteiger partial charge is 0.476 e. The van der Waals surface area contributed by atoms with Crippen molar-refractivity contribution in [3.63, 3.8) is 0 Å². The molecule has 0 heterocycles. The molecular weight excluding hydrogens is 250 g/mol. The van der Waals surface area contributed by atoms with Gasteiger partial charge in [-0.1, -0.05) is 17.7 Å². The maximum absolute atomic E-state index is 13.2. The maximum Gasteiger partial charge on any atom is 0.426 e. The van der Waals surface area contributed by atoms with Crippen LogP contribution in [-0.4, -0.2) is 18.8 Å². The second-order valence-corrected chi connectivity index (χ2v) is 3.34. The Labute approximate surface area is 93.9 Å². The Morgan fingerprint density at radius 3 is 2.50 bits per heavy atom. The van der Waals surface area contributed by atoms with E-state index in [4.69, 9.17) is 17.3 Å². The van der Waals surface area contributed by atoms with Crippen molar-refractivity contribution in [1.82, 2.24) is 0 Å². The Morgan fingerprint density at radius 1 is 1.38 bits per heavy atom. The minimum absolute atomic E-state index is 0.310. The van der Waals surface area contributed by atoms with E-state index >= 15 is 0 Å². The third-order valence-electron chi connectivity index (χ3n) is 1.76. The molecule has 0 aromatic heterocycles. The highest BCUT2D eigenvalue weighted by Crippen LogP contribution is 2.29. The van der Waals surface area contributed by atoms with Gasteiger partial charge in [0, 0.05) is 6.54 Å². The Kier molecular flexibility index (Phi) is 3.98. The summed E-state index contributed by atoms with van der Waals surface area (Å²) in [4.78, 5) is 0. The Morgan fingerprint density at radius 2 is 2.00 bits per heavy atom. The standard InChI is InChI=1S/C9H8ClF4NO/c10-5-2-1-3-6(8(5)11)16-7(4-15)9(12,13)14/h1-3,7H,4,15H2.